The molecule has 2 aromatic rings. The lowest BCUT2D eigenvalue weighted by molar-refractivity contribution is 0.174. The van der Waals surface area contributed by atoms with Crippen LogP contribution in [0, 0.1) is 13.8 Å². The van der Waals surface area contributed by atoms with Crippen LogP contribution in [0.2, 0.25) is 0 Å². The molecule has 0 aliphatic carbocycles. The number of aliphatic imine (C=N–C) groups is 1. The Morgan fingerprint density at radius 3 is 2.77 bits per heavy atom. The average molecular weight is 488 g/mol. The van der Waals surface area contributed by atoms with Crippen molar-refractivity contribution in [1.29, 1.82) is 0 Å². The molecule has 1 N–H and O–H groups in total. The molecule has 26 heavy (non-hydrogen) atoms. The molecule has 1 aliphatic heterocycles. The number of guanidine groups is 1. The zero-order chi connectivity index (χ0) is 17.8. The van der Waals surface area contributed by atoms with E-state index in [2.05, 4.69) is 33.2 Å². The minimum atomic E-state index is 0. The Hall–Kier alpha value is -1.55. The van der Waals surface area contributed by atoms with Gasteiger partial charge in [-0.3, -0.25) is 4.99 Å². The first-order valence-electron chi connectivity index (χ1n) is 8.30. The van der Waals surface area contributed by atoms with Crippen LogP contribution in [0.1, 0.15) is 21.1 Å². The van der Waals surface area contributed by atoms with Gasteiger partial charge >= 0.3 is 0 Å². The first kappa shape index (κ1) is 20.8. The van der Waals surface area contributed by atoms with Crippen LogP contribution in [0.15, 0.2) is 23.2 Å². The SMILES string of the molecule is CN=C(NCCc1sc(C)nc1C)N(C)Cc1ccc2c(c1)OCO2.I. The van der Waals surface area contributed by atoms with Crippen molar-refractivity contribution in [2.24, 2.45) is 4.99 Å². The minimum absolute atomic E-state index is 0. The number of nitrogens with one attached hydrogen (secondary N) is 1. The fourth-order valence-corrected chi connectivity index (χ4v) is 3.80. The predicted octanol–water partition coefficient (Wildman–Crippen LogP) is 3.36. The van der Waals surface area contributed by atoms with Gasteiger partial charge in [0.2, 0.25) is 6.79 Å². The van der Waals surface area contributed by atoms with Gasteiger partial charge in [-0.05, 0) is 31.5 Å². The maximum Gasteiger partial charge on any atom is 0.231 e. The Bertz CT molecular complexity index is 779. The largest absolute Gasteiger partial charge is 0.454 e. The maximum absolute atomic E-state index is 5.44. The second-order valence-electron chi connectivity index (χ2n) is 6.01. The number of hydrogen-bond donors (Lipinski definition) is 1. The van der Waals surface area contributed by atoms with Crippen LogP contribution in [0.4, 0.5) is 0 Å². The molecular formula is C18H25IN4O2S. The molecule has 0 fully saturated rings. The summed E-state index contributed by atoms with van der Waals surface area (Å²) in [6.07, 6.45) is 0.953. The zero-order valence-corrected chi connectivity index (χ0v) is 18.7. The lowest BCUT2D eigenvalue weighted by Gasteiger charge is -2.22. The molecule has 1 aliphatic rings. The average Bonchev–Trinajstić information content (AvgIpc) is 3.17. The van der Waals surface area contributed by atoms with Gasteiger partial charge in [0.05, 0.1) is 10.7 Å². The van der Waals surface area contributed by atoms with Gasteiger partial charge in [-0.2, -0.15) is 0 Å². The van der Waals surface area contributed by atoms with Crippen LogP contribution in [-0.2, 0) is 13.0 Å². The zero-order valence-electron chi connectivity index (χ0n) is 15.5. The van der Waals surface area contributed by atoms with Gasteiger partial charge in [0.15, 0.2) is 17.5 Å². The molecule has 0 bridgehead atoms. The Morgan fingerprint density at radius 1 is 1.31 bits per heavy atom. The van der Waals surface area contributed by atoms with Gasteiger partial charge in [0.25, 0.3) is 0 Å². The van der Waals surface area contributed by atoms with Crippen molar-refractivity contribution >= 4 is 41.3 Å². The molecule has 2 heterocycles. The molecule has 0 saturated heterocycles. The summed E-state index contributed by atoms with van der Waals surface area (Å²) in [5.41, 5.74) is 2.29. The van der Waals surface area contributed by atoms with Gasteiger partial charge < -0.3 is 19.7 Å². The van der Waals surface area contributed by atoms with Crippen molar-refractivity contribution in [1.82, 2.24) is 15.2 Å². The Morgan fingerprint density at radius 2 is 2.08 bits per heavy atom. The van der Waals surface area contributed by atoms with E-state index in [4.69, 9.17) is 9.47 Å². The second-order valence-corrected chi connectivity index (χ2v) is 7.30. The van der Waals surface area contributed by atoms with Crippen molar-refractivity contribution < 1.29 is 9.47 Å². The number of aryl methyl sites for hydroxylation is 2. The number of nitrogens with zero attached hydrogens (tertiary/aromatic N) is 3. The van der Waals surface area contributed by atoms with Crippen LogP contribution in [-0.4, -0.2) is 43.3 Å². The molecule has 8 heteroatoms. The van der Waals surface area contributed by atoms with Crippen molar-refractivity contribution in [3.8, 4) is 11.5 Å². The highest BCUT2D eigenvalue weighted by molar-refractivity contribution is 14.0. The van der Waals surface area contributed by atoms with E-state index in [0.29, 0.717) is 6.79 Å². The van der Waals surface area contributed by atoms with Crippen LogP contribution in [0.5, 0.6) is 11.5 Å². The van der Waals surface area contributed by atoms with E-state index in [1.165, 1.54) is 4.88 Å². The number of benzene rings is 1. The van der Waals surface area contributed by atoms with Crippen molar-refractivity contribution in [2.45, 2.75) is 26.8 Å². The normalized spacial score (nSPS) is 12.7. The topological polar surface area (TPSA) is 59.0 Å². The molecule has 0 radical (unpaired) electrons. The van der Waals surface area contributed by atoms with Crippen LogP contribution >= 0.6 is 35.3 Å². The third-order valence-corrected chi connectivity index (χ3v) is 5.20. The summed E-state index contributed by atoms with van der Waals surface area (Å²) < 4.78 is 10.8. The van der Waals surface area contributed by atoms with E-state index in [1.807, 2.05) is 26.1 Å². The number of aromatic nitrogens is 1. The summed E-state index contributed by atoms with van der Waals surface area (Å²) in [5.74, 6) is 2.49. The standard InChI is InChI=1S/C18H24N4O2S.HI/c1-12-17(25-13(2)21-12)7-8-20-18(19-3)22(4)10-14-5-6-15-16(9-14)24-11-23-15;/h5-6,9H,7-8,10-11H2,1-4H3,(H,19,20);1H. The number of halogens is 1. The molecule has 0 unspecified atom stereocenters. The van der Waals surface area contributed by atoms with Crippen LogP contribution < -0.4 is 14.8 Å². The third-order valence-electron chi connectivity index (χ3n) is 4.06. The molecule has 0 spiro atoms. The van der Waals surface area contributed by atoms with E-state index in [-0.39, 0.29) is 24.0 Å². The van der Waals surface area contributed by atoms with Crippen molar-refractivity contribution in [3.63, 3.8) is 0 Å². The van der Waals surface area contributed by atoms with E-state index in [1.54, 1.807) is 18.4 Å². The second kappa shape index (κ2) is 9.40. The van der Waals surface area contributed by atoms with Crippen molar-refractivity contribution in [3.05, 3.63) is 39.3 Å². The molecule has 6 nitrogen and oxygen atoms in total. The molecule has 3 rings (SSSR count). The number of fused-ring (bicyclic) bond motifs is 1. The monoisotopic (exact) mass is 488 g/mol. The summed E-state index contributed by atoms with van der Waals surface area (Å²) in [6.45, 7) is 6.00. The number of ether oxygens (including phenoxy) is 2. The van der Waals surface area contributed by atoms with E-state index >= 15 is 0 Å². The van der Waals surface area contributed by atoms with Gasteiger partial charge in [-0.25, -0.2) is 4.98 Å². The van der Waals surface area contributed by atoms with Crippen molar-refractivity contribution in [2.75, 3.05) is 27.4 Å². The third kappa shape index (κ3) is 5.00. The first-order valence-corrected chi connectivity index (χ1v) is 9.11. The van der Waals surface area contributed by atoms with Gasteiger partial charge in [-0.15, -0.1) is 35.3 Å². The Kier molecular flexibility index (Phi) is 7.51. The molecular weight excluding hydrogens is 463 g/mol. The van der Waals surface area contributed by atoms with E-state index in [0.717, 1.165) is 53.2 Å². The molecule has 0 saturated carbocycles. The van der Waals surface area contributed by atoms with E-state index in [9.17, 15) is 0 Å². The Balaban J connectivity index is 0.00000243. The smallest absolute Gasteiger partial charge is 0.231 e. The summed E-state index contributed by atoms with van der Waals surface area (Å²) in [6, 6.07) is 6.03. The molecule has 1 aromatic heterocycles. The van der Waals surface area contributed by atoms with Gasteiger partial charge in [0.1, 0.15) is 0 Å². The summed E-state index contributed by atoms with van der Waals surface area (Å²) in [5, 5.41) is 4.55. The maximum atomic E-state index is 5.44. The quantitative estimate of drug-likeness (QED) is 0.398. The summed E-state index contributed by atoms with van der Waals surface area (Å²) in [4.78, 5) is 12.3. The number of thiazole rings is 1. The van der Waals surface area contributed by atoms with Gasteiger partial charge in [-0.1, -0.05) is 6.07 Å². The fraction of sp³-hybridized carbons (Fsp3) is 0.444. The lowest BCUT2D eigenvalue weighted by Crippen LogP contribution is -2.39. The highest BCUT2D eigenvalue weighted by Gasteiger charge is 2.15. The first-order chi connectivity index (χ1) is 12.1. The molecule has 0 atom stereocenters. The molecule has 142 valence electrons. The van der Waals surface area contributed by atoms with E-state index < -0.39 is 0 Å². The highest BCUT2D eigenvalue weighted by atomic mass is 127. The lowest BCUT2D eigenvalue weighted by atomic mass is 10.2. The fourth-order valence-electron chi connectivity index (χ4n) is 2.87. The number of hydrogen-bond acceptors (Lipinski definition) is 5. The summed E-state index contributed by atoms with van der Waals surface area (Å²) in [7, 11) is 3.84. The van der Waals surface area contributed by atoms with Crippen LogP contribution in [0.3, 0.4) is 0 Å². The minimum Gasteiger partial charge on any atom is -0.454 e. The van der Waals surface area contributed by atoms with Crippen LogP contribution in [0.25, 0.3) is 0 Å². The molecule has 0 amide bonds. The van der Waals surface area contributed by atoms with Gasteiger partial charge in [0, 0.05) is 38.5 Å². The number of rotatable bonds is 5. The highest BCUT2D eigenvalue weighted by Crippen LogP contribution is 2.32. The summed E-state index contributed by atoms with van der Waals surface area (Å²) >= 11 is 1.77. The predicted molar refractivity (Wildman–Crippen MR) is 116 cm³/mol. The Labute approximate surface area is 175 Å². The molecule has 1 aromatic carbocycles.